The zero-order valence-corrected chi connectivity index (χ0v) is 31.9. The number of ether oxygens (including phenoxy) is 2. The van der Waals surface area contributed by atoms with Crippen molar-refractivity contribution in [2.75, 3.05) is 0 Å². The van der Waals surface area contributed by atoms with Crippen molar-refractivity contribution >= 4 is 68.6 Å². The summed E-state index contributed by atoms with van der Waals surface area (Å²) in [6.07, 6.45) is 0. The number of hydrogen-bond donors (Lipinski definition) is 2. The molecule has 0 amide bonds. The van der Waals surface area contributed by atoms with Crippen LogP contribution in [0, 0.1) is 0 Å². The van der Waals surface area contributed by atoms with Crippen LogP contribution < -0.4 is 9.47 Å². The Hall–Kier alpha value is -4.80. The number of aliphatic hydroxyl groups is 2. The quantitative estimate of drug-likeness (QED) is 0.166. The first kappa shape index (κ1) is 33.7. The summed E-state index contributed by atoms with van der Waals surface area (Å²) in [5.41, 5.74) is 3.41. The second-order valence-corrected chi connectivity index (χ2v) is 17.3. The van der Waals surface area contributed by atoms with E-state index in [-0.39, 0.29) is 13.2 Å². The predicted octanol–water partition coefficient (Wildman–Crippen LogP) is 13.5. The molecule has 2 N–H and O–H groups in total. The number of fused-ring (bicyclic) bond motifs is 6. The molecule has 262 valence electrons. The van der Waals surface area contributed by atoms with E-state index in [2.05, 4.69) is 121 Å². The van der Waals surface area contributed by atoms with E-state index in [1.165, 1.54) is 19.6 Å². The van der Waals surface area contributed by atoms with E-state index < -0.39 is 0 Å². The third kappa shape index (κ3) is 6.04. The van der Waals surface area contributed by atoms with Crippen molar-refractivity contribution in [2.24, 2.45) is 0 Å². The van der Waals surface area contributed by atoms with Crippen LogP contribution in [0.4, 0.5) is 0 Å². The van der Waals surface area contributed by atoms with Gasteiger partial charge < -0.3 is 19.7 Å². The molecule has 2 aliphatic heterocycles. The van der Waals surface area contributed by atoms with Crippen LogP contribution in [0.5, 0.6) is 23.0 Å². The van der Waals surface area contributed by atoms with Crippen molar-refractivity contribution < 1.29 is 19.7 Å². The molecule has 8 aromatic rings. The van der Waals surface area contributed by atoms with E-state index in [4.69, 9.17) is 9.47 Å². The van der Waals surface area contributed by atoms with Gasteiger partial charge in [-0.05, 0) is 93.3 Å². The van der Waals surface area contributed by atoms with Gasteiger partial charge in [-0.1, -0.05) is 132 Å². The molecule has 0 radical (unpaired) electrons. The van der Waals surface area contributed by atoms with Crippen LogP contribution >= 0.6 is 47.0 Å². The molecule has 0 aromatic heterocycles. The lowest BCUT2D eigenvalue weighted by Crippen LogP contribution is -2.00. The SMILES string of the molecule is OCc1cc(Oc2ccc3ccccc3c2-c2c(Oc3cc(CO)cc4c3Sc3ccccc3S4)ccc3ccccc23)c2c(c1)Sc1ccccc1S2. The fourth-order valence-electron chi connectivity index (χ4n) is 7.07. The van der Waals surface area contributed by atoms with E-state index in [1.54, 1.807) is 47.0 Å². The van der Waals surface area contributed by atoms with Crippen molar-refractivity contribution in [3.05, 3.63) is 157 Å². The molecule has 8 aromatic carbocycles. The highest BCUT2D eigenvalue weighted by Crippen LogP contribution is 2.56. The largest absolute Gasteiger partial charge is 0.455 e. The summed E-state index contributed by atoms with van der Waals surface area (Å²) >= 11 is 6.79. The normalized spacial score (nSPS) is 12.9. The minimum absolute atomic E-state index is 0.0968. The molecular formula is C46H30O4S4. The Morgan fingerprint density at radius 3 is 1.19 bits per heavy atom. The summed E-state index contributed by atoms with van der Waals surface area (Å²) in [7, 11) is 0. The maximum atomic E-state index is 10.4. The van der Waals surface area contributed by atoms with Crippen LogP contribution in [-0.2, 0) is 13.2 Å². The maximum Gasteiger partial charge on any atom is 0.142 e. The lowest BCUT2D eigenvalue weighted by atomic mass is 9.92. The van der Waals surface area contributed by atoms with E-state index >= 15 is 0 Å². The molecule has 2 heterocycles. The van der Waals surface area contributed by atoms with E-state index in [9.17, 15) is 10.2 Å². The van der Waals surface area contributed by atoms with Crippen molar-refractivity contribution in [3.63, 3.8) is 0 Å². The third-order valence-electron chi connectivity index (χ3n) is 9.56. The first-order valence-electron chi connectivity index (χ1n) is 17.5. The second kappa shape index (κ2) is 14.1. The fourth-order valence-corrected chi connectivity index (χ4v) is 11.8. The molecule has 0 bridgehead atoms. The smallest absolute Gasteiger partial charge is 0.142 e. The van der Waals surface area contributed by atoms with Crippen molar-refractivity contribution in [2.45, 2.75) is 52.4 Å². The maximum absolute atomic E-state index is 10.4. The molecule has 0 fully saturated rings. The molecular weight excluding hydrogens is 745 g/mol. The third-order valence-corrected chi connectivity index (χ3v) is 14.7. The Bertz CT molecular complexity index is 2590. The van der Waals surface area contributed by atoms with Crippen molar-refractivity contribution in [1.29, 1.82) is 0 Å². The summed E-state index contributed by atoms with van der Waals surface area (Å²) in [4.78, 5) is 8.88. The Balaban J connectivity index is 1.17. The number of benzene rings is 8. The van der Waals surface area contributed by atoms with Crippen LogP contribution in [0.25, 0.3) is 32.7 Å². The molecule has 0 atom stereocenters. The van der Waals surface area contributed by atoms with E-state index in [0.717, 1.165) is 63.4 Å². The topological polar surface area (TPSA) is 58.9 Å². The van der Waals surface area contributed by atoms with Gasteiger partial charge in [0.15, 0.2) is 0 Å². The van der Waals surface area contributed by atoms with Crippen LogP contribution in [0.2, 0.25) is 0 Å². The molecule has 4 nitrogen and oxygen atoms in total. The van der Waals surface area contributed by atoms with Gasteiger partial charge in [-0.3, -0.25) is 0 Å². The Labute approximate surface area is 329 Å². The Morgan fingerprint density at radius 1 is 0.370 bits per heavy atom. The minimum Gasteiger partial charge on any atom is -0.455 e. The average molecular weight is 775 g/mol. The predicted molar refractivity (Wildman–Crippen MR) is 221 cm³/mol. The summed E-state index contributed by atoms with van der Waals surface area (Å²) in [5, 5.41) is 24.9. The number of rotatable bonds is 7. The molecule has 0 unspecified atom stereocenters. The first-order valence-corrected chi connectivity index (χ1v) is 20.7. The Morgan fingerprint density at radius 2 is 0.759 bits per heavy atom. The number of aliphatic hydroxyl groups excluding tert-OH is 2. The van der Waals surface area contributed by atoms with Gasteiger partial charge in [-0.15, -0.1) is 0 Å². The summed E-state index contributed by atoms with van der Waals surface area (Å²) in [5.74, 6) is 2.75. The summed E-state index contributed by atoms with van der Waals surface area (Å²) in [6.45, 7) is -0.194. The van der Waals surface area contributed by atoms with Gasteiger partial charge in [0.2, 0.25) is 0 Å². The zero-order chi connectivity index (χ0) is 36.2. The van der Waals surface area contributed by atoms with Gasteiger partial charge in [0, 0.05) is 40.5 Å². The second-order valence-electron chi connectivity index (χ2n) is 13.0. The van der Waals surface area contributed by atoms with Crippen LogP contribution in [0.1, 0.15) is 11.1 Å². The summed E-state index contributed by atoms with van der Waals surface area (Å²) < 4.78 is 14.2. The minimum atomic E-state index is -0.0968. The zero-order valence-electron chi connectivity index (χ0n) is 28.6. The molecule has 2 aliphatic rings. The standard InChI is InChI=1S/C46H30O4S4/c47-25-27-21-35(45-41(23-27)51-37-13-5-7-15-39(37)53-45)49-33-19-17-29-9-1-3-11-31(29)43(33)44-32-12-4-2-10-30(32)18-20-34(44)50-36-22-28(26-48)24-42-46(36)54-40-16-8-6-14-38(40)52-42/h1-24,47-48H,25-26H2. The molecule has 8 heteroatoms. The van der Waals surface area contributed by atoms with Crippen LogP contribution in [0.3, 0.4) is 0 Å². The first-order chi connectivity index (χ1) is 26.6. The van der Waals surface area contributed by atoms with E-state index in [1.807, 2.05) is 24.3 Å². The lowest BCUT2D eigenvalue weighted by molar-refractivity contribution is 0.280. The van der Waals surface area contributed by atoms with E-state index in [0.29, 0.717) is 23.0 Å². The average Bonchev–Trinajstić information content (AvgIpc) is 3.22. The summed E-state index contributed by atoms with van der Waals surface area (Å²) in [6, 6.07) is 49.9. The van der Waals surface area contributed by atoms with Crippen LogP contribution in [-0.4, -0.2) is 10.2 Å². The van der Waals surface area contributed by atoms with Gasteiger partial charge in [0.05, 0.1) is 23.0 Å². The lowest BCUT2D eigenvalue weighted by Gasteiger charge is -2.25. The highest BCUT2D eigenvalue weighted by Gasteiger charge is 2.27. The fraction of sp³-hybridized carbons (Fsp3) is 0.0435. The van der Waals surface area contributed by atoms with Gasteiger partial charge in [0.1, 0.15) is 23.0 Å². The van der Waals surface area contributed by atoms with Gasteiger partial charge in [0.25, 0.3) is 0 Å². The van der Waals surface area contributed by atoms with Gasteiger partial charge in [-0.25, -0.2) is 0 Å². The molecule has 0 aliphatic carbocycles. The van der Waals surface area contributed by atoms with Crippen molar-refractivity contribution in [3.8, 4) is 34.1 Å². The van der Waals surface area contributed by atoms with Gasteiger partial charge >= 0.3 is 0 Å². The van der Waals surface area contributed by atoms with Crippen LogP contribution in [0.15, 0.2) is 185 Å². The highest BCUT2D eigenvalue weighted by atomic mass is 32.2. The Kier molecular flexibility index (Phi) is 8.83. The molecule has 54 heavy (non-hydrogen) atoms. The molecule has 0 saturated heterocycles. The number of hydrogen-bond acceptors (Lipinski definition) is 8. The molecule has 0 saturated carbocycles. The van der Waals surface area contributed by atoms with Crippen molar-refractivity contribution in [1.82, 2.24) is 0 Å². The molecule has 10 rings (SSSR count). The van der Waals surface area contributed by atoms with Gasteiger partial charge in [-0.2, -0.15) is 0 Å². The highest BCUT2D eigenvalue weighted by molar-refractivity contribution is 8.05. The monoisotopic (exact) mass is 774 g/mol. The molecule has 0 spiro atoms.